The number of carbonyl (C=O) groups excluding carboxylic acids is 2. The van der Waals surface area contributed by atoms with E-state index in [0.717, 1.165) is 16.6 Å². The van der Waals surface area contributed by atoms with E-state index in [9.17, 15) is 9.59 Å². The average Bonchev–Trinajstić information content (AvgIpc) is 3.35. The highest BCUT2D eigenvalue weighted by molar-refractivity contribution is 5.94. The summed E-state index contributed by atoms with van der Waals surface area (Å²) >= 11 is 0. The van der Waals surface area contributed by atoms with Gasteiger partial charge in [0.2, 0.25) is 6.10 Å². The molecule has 9 nitrogen and oxygen atoms in total. The minimum atomic E-state index is -0.670. The van der Waals surface area contributed by atoms with Crippen molar-refractivity contribution in [2.45, 2.75) is 12.6 Å². The van der Waals surface area contributed by atoms with Crippen LogP contribution in [-0.4, -0.2) is 75.5 Å². The summed E-state index contributed by atoms with van der Waals surface area (Å²) in [6, 6.07) is 22.7. The van der Waals surface area contributed by atoms with Crippen LogP contribution in [0.15, 0.2) is 72.8 Å². The average molecular weight is 484 g/mol. The van der Waals surface area contributed by atoms with E-state index in [1.165, 1.54) is 0 Å². The molecule has 1 atom stereocenters. The van der Waals surface area contributed by atoms with Crippen LogP contribution < -0.4 is 9.47 Å². The first-order chi connectivity index (χ1) is 17.7. The van der Waals surface area contributed by atoms with Gasteiger partial charge in [0.1, 0.15) is 12.1 Å². The monoisotopic (exact) mass is 483 g/mol. The van der Waals surface area contributed by atoms with Gasteiger partial charge in [-0.1, -0.05) is 41.6 Å². The van der Waals surface area contributed by atoms with E-state index in [0.29, 0.717) is 49.8 Å². The van der Waals surface area contributed by atoms with Gasteiger partial charge >= 0.3 is 0 Å². The first kappa shape index (κ1) is 22.1. The fourth-order valence-electron chi connectivity index (χ4n) is 4.62. The maximum atomic E-state index is 13.1. The molecule has 3 aromatic carbocycles. The lowest BCUT2D eigenvalue weighted by Gasteiger charge is -2.37. The quantitative estimate of drug-likeness (QED) is 0.443. The van der Waals surface area contributed by atoms with Crippen molar-refractivity contribution in [3.05, 3.63) is 83.9 Å². The molecular formula is C27H25N5O4. The number of para-hydroxylation sites is 3. The van der Waals surface area contributed by atoms with E-state index in [-0.39, 0.29) is 18.4 Å². The summed E-state index contributed by atoms with van der Waals surface area (Å²) in [4.78, 5) is 29.6. The van der Waals surface area contributed by atoms with Crippen LogP contribution in [0.2, 0.25) is 0 Å². The summed E-state index contributed by atoms with van der Waals surface area (Å²) in [5.41, 5.74) is 3.49. The number of nitrogens with zero attached hydrogens (tertiary/aromatic N) is 5. The van der Waals surface area contributed by atoms with Crippen molar-refractivity contribution in [1.82, 2.24) is 24.8 Å². The number of amides is 2. The van der Waals surface area contributed by atoms with Gasteiger partial charge in [0.05, 0.1) is 12.1 Å². The second-order valence-electron chi connectivity index (χ2n) is 8.91. The molecule has 0 radical (unpaired) electrons. The molecule has 2 amide bonds. The number of ether oxygens (including phenoxy) is 2. The van der Waals surface area contributed by atoms with Gasteiger partial charge < -0.3 is 19.3 Å². The Morgan fingerprint density at radius 3 is 2.33 bits per heavy atom. The lowest BCUT2D eigenvalue weighted by atomic mass is 10.1. The molecule has 0 spiro atoms. The molecule has 2 aliphatic heterocycles. The number of fused-ring (bicyclic) bond motifs is 2. The van der Waals surface area contributed by atoms with E-state index in [2.05, 4.69) is 10.3 Å². The Morgan fingerprint density at radius 1 is 0.833 bits per heavy atom. The molecule has 1 aromatic heterocycles. The van der Waals surface area contributed by atoms with Crippen LogP contribution in [-0.2, 0) is 11.3 Å². The van der Waals surface area contributed by atoms with Crippen molar-refractivity contribution in [3.8, 4) is 11.5 Å². The summed E-state index contributed by atoms with van der Waals surface area (Å²) in [5, 5.41) is 8.42. The van der Waals surface area contributed by atoms with Crippen molar-refractivity contribution in [1.29, 1.82) is 0 Å². The number of aromatic nitrogens is 3. The largest absolute Gasteiger partial charge is 0.485 e. The fourth-order valence-corrected chi connectivity index (χ4v) is 4.62. The van der Waals surface area contributed by atoms with Crippen molar-refractivity contribution in [3.63, 3.8) is 0 Å². The Hall–Kier alpha value is -4.40. The maximum Gasteiger partial charge on any atom is 0.267 e. The molecule has 182 valence electrons. The summed E-state index contributed by atoms with van der Waals surface area (Å²) < 4.78 is 13.4. The first-order valence-electron chi connectivity index (χ1n) is 12.0. The molecule has 1 fully saturated rings. The first-order valence-corrected chi connectivity index (χ1v) is 12.0. The third-order valence-corrected chi connectivity index (χ3v) is 6.62. The molecule has 0 N–H and O–H groups in total. The Bertz CT molecular complexity index is 1410. The van der Waals surface area contributed by atoms with Gasteiger partial charge in [-0.3, -0.25) is 9.59 Å². The summed E-state index contributed by atoms with van der Waals surface area (Å²) in [5.74, 6) is 1.08. The van der Waals surface area contributed by atoms with E-state index < -0.39 is 6.10 Å². The van der Waals surface area contributed by atoms with Gasteiger partial charge in [-0.05, 0) is 42.0 Å². The third kappa shape index (κ3) is 4.24. The maximum absolute atomic E-state index is 13.1. The number of hydrogen-bond donors (Lipinski definition) is 0. The Balaban J connectivity index is 1.04. The zero-order chi connectivity index (χ0) is 24.5. The lowest BCUT2D eigenvalue weighted by molar-refractivity contribution is -0.142. The highest BCUT2D eigenvalue weighted by Gasteiger charge is 2.33. The van der Waals surface area contributed by atoms with Crippen molar-refractivity contribution < 1.29 is 19.1 Å². The van der Waals surface area contributed by atoms with E-state index >= 15 is 0 Å². The van der Waals surface area contributed by atoms with E-state index in [1.54, 1.807) is 15.9 Å². The molecule has 1 saturated heterocycles. The Kier molecular flexibility index (Phi) is 5.73. The molecule has 6 rings (SSSR count). The highest BCUT2D eigenvalue weighted by Crippen LogP contribution is 2.31. The molecule has 36 heavy (non-hydrogen) atoms. The van der Waals surface area contributed by atoms with E-state index in [1.807, 2.05) is 71.4 Å². The minimum absolute atomic E-state index is 0.0361. The number of hydrogen-bond acceptors (Lipinski definition) is 6. The molecular weight excluding hydrogens is 458 g/mol. The van der Waals surface area contributed by atoms with Crippen LogP contribution in [0, 0.1) is 0 Å². The van der Waals surface area contributed by atoms with Crippen molar-refractivity contribution in [2.24, 2.45) is 0 Å². The Morgan fingerprint density at radius 2 is 1.53 bits per heavy atom. The molecule has 0 saturated carbocycles. The SMILES string of the molecule is O=C(c1ccc(Cn2nnc3ccccc32)cc1)N1CCN(C(=O)[C@@H]2COc3ccccc3O2)CC1. The fraction of sp³-hybridized carbons (Fsp3) is 0.259. The van der Waals surface area contributed by atoms with Crippen LogP contribution >= 0.6 is 0 Å². The molecule has 0 bridgehead atoms. The molecule has 4 aromatic rings. The summed E-state index contributed by atoms with van der Waals surface area (Å²) in [6.07, 6.45) is -0.670. The number of benzene rings is 3. The van der Waals surface area contributed by atoms with Gasteiger partial charge in [-0.25, -0.2) is 4.68 Å². The molecule has 0 aliphatic carbocycles. The predicted octanol–water partition coefficient (Wildman–Crippen LogP) is 2.60. The molecule has 3 heterocycles. The smallest absolute Gasteiger partial charge is 0.267 e. The normalized spacial score (nSPS) is 17.3. The van der Waals surface area contributed by atoms with Crippen LogP contribution in [0.3, 0.4) is 0 Å². The number of piperazine rings is 1. The minimum Gasteiger partial charge on any atom is -0.485 e. The van der Waals surface area contributed by atoms with Crippen LogP contribution in [0.25, 0.3) is 11.0 Å². The third-order valence-electron chi connectivity index (χ3n) is 6.62. The van der Waals surface area contributed by atoms with Crippen molar-refractivity contribution >= 4 is 22.8 Å². The highest BCUT2D eigenvalue weighted by atomic mass is 16.6. The second kappa shape index (κ2) is 9.33. The molecule has 0 unspecified atom stereocenters. The summed E-state index contributed by atoms with van der Waals surface area (Å²) in [6.45, 7) is 2.63. The second-order valence-corrected chi connectivity index (χ2v) is 8.91. The van der Waals surface area contributed by atoms with Gasteiger partial charge in [-0.15, -0.1) is 5.10 Å². The van der Waals surface area contributed by atoms with E-state index in [4.69, 9.17) is 9.47 Å². The topological polar surface area (TPSA) is 89.8 Å². The summed E-state index contributed by atoms with van der Waals surface area (Å²) in [7, 11) is 0. The van der Waals surface area contributed by atoms with Gasteiger partial charge in [0, 0.05) is 31.7 Å². The van der Waals surface area contributed by atoms with Gasteiger partial charge in [-0.2, -0.15) is 0 Å². The zero-order valence-electron chi connectivity index (χ0n) is 19.6. The van der Waals surface area contributed by atoms with Gasteiger partial charge in [0.15, 0.2) is 11.5 Å². The van der Waals surface area contributed by atoms with Crippen LogP contribution in [0.4, 0.5) is 0 Å². The lowest BCUT2D eigenvalue weighted by Crippen LogP contribution is -2.55. The number of rotatable bonds is 4. The van der Waals surface area contributed by atoms with Crippen molar-refractivity contribution in [2.75, 3.05) is 32.8 Å². The molecule has 2 aliphatic rings. The van der Waals surface area contributed by atoms with Crippen LogP contribution in [0.5, 0.6) is 11.5 Å². The zero-order valence-corrected chi connectivity index (χ0v) is 19.6. The standard InChI is InChI=1S/C27H25N5O4/c33-26(20-11-9-19(10-12-20)17-32-22-6-2-1-5-21(22)28-29-32)30-13-15-31(16-14-30)27(34)25-18-35-23-7-3-4-8-24(23)36-25/h1-12,25H,13-18H2/t25-/m0/s1. The molecule has 9 heteroatoms. The number of carbonyl (C=O) groups is 2. The Labute approximate surface area is 207 Å². The van der Waals surface area contributed by atoms with Gasteiger partial charge in [0.25, 0.3) is 11.8 Å². The van der Waals surface area contributed by atoms with Crippen LogP contribution in [0.1, 0.15) is 15.9 Å². The predicted molar refractivity (Wildman–Crippen MR) is 132 cm³/mol.